The van der Waals surface area contributed by atoms with Crippen LogP contribution in [0.2, 0.25) is 0 Å². The van der Waals surface area contributed by atoms with Gasteiger partial charge in [0.05, 0.1) is 13.7 Å². The molecule has 1 N–H and O–H groups in total. The summed E-state index contributed by atoms with van der Waals surface area (Å²) < 4.78 is 52.5. The lowest BCUT2D eigenvalue weighted by atomic mass is 10.2. The van der Waals surface area contributed by atoms with Crippen molar-refractivity contribution in [1.82, 2.24) is 4.90 Å². The Labute approximate surface area is 167 Å². The minimum atomic E-state index is -4.48. The van der Waals surface area contributed by atoms with Crippen LogP contribution in [0.4, 0.5) is 23.7 Å². The normalized spacial score (nSPS) is 10.9. The van der Waals surface area contributed by atoms with Crippen molar-refractivity contribution in [2.75, 3.05) is 39.2 Å². The molecule has 9 heteroatoms. The van der Waals surface area contributed by atoms with Crippen molar-refractivity contribution in [1.29, 1.82) is 0 Å². The summed E-state index contributed by atoms with van der Waals surface area (Å²) in [5, 5.41) is 2.62. The fourth-order valence-electron chi connectivity index (χ4n) is 2.36. The molecule has 2 amide bonds. The zero-order chi connectivity index (χ0) is 21.3. The SMILES string of the molecule is COc1ccc(NC(=O)N(C)CCCOc2ccccc2)cc1OCC(F)(F)F. The predicted molar refractivity (Wildman–Crippen MR) is 103 cm³/mol. The van der Waals surface area contributed by atoms with E-state index in [4.69, 9.17) is 14.2 Å². The Bertz CT molecular complexity index is 785. The number of nitrogens with zero attached hydrogens (tertiary/aromatic N) is 1. The van der Waals surface area contributed by atoms with E-state index in [9.17, 15) is 18.0 Å². The summed E-state index contributed by atoms with van der Waals surface area (Å²) in [5.74, 6) is 0.782. The van der Waals surface area contributed by atoms with Crippen LogP contribution in [-0.4, -0.2) is 51.0 Å². The topological polar surface area (TPSA) is 60.0 Å². The van der Waals surface area contributed by atoms with E-state index in [1.54, 1.807) is 7.05 Å². The largest absolute Gasteiger partial charge is 0.494 e. The number of anilines is 1. The van der Waals surface area contributed by atoms with Gasteiger partial charge in [-0.3, -0.25) is 0 Å². The van der Waals surface area contributed by atoms with Crippen LogP contribution in [0.15, 0.2) is 48.5 Å². The van der Waals surface area contributed by atoms with Crippen LogP contribution < -0.4 is 19.5 Å². The van der Waals surface area contributed by atoms with Gasteiger partial charge in [0.2, 0.25) is 0 Å². The van der Waals surface area contributed by atoms with E-state index in [0.29, 0.717) is 25.3 Å². The van der Waals surface area contributed by atoms with Crippen molar-refractivity contribution < 1.29 is 32.2 Å². The molecule has 0 aliphatic carbocycles. The second-order valence-electron chi connectivity index (χ2n) is 6.14. The number of halogens is 3. The molecule has 0 aliphatic heterocycles. The van der Waals surface area contributed by atoms with Gasteiger partial charge in [-0.15, -0.1) is 0 Å². The molecule has 158 valence electrons. The lowest BCUT2D eigenvalue weighted by molar-refractivity contribution is -0.153. The second-order valence-corrected chi connectivity index (χ2v) is 6.14. The molecule has 0 unspecified atom stereocenters. The number of carbonyl (C=O) groups excluding carboxylic acids is 1. The van der Waals surface area contributed by atoms with Crippen LogP contribution in [0.25, 0.3) is 0 Å². The first kappa shape index (κ1) is 22.2. The fraction of sp³-hybridized carbons (Fsp3) is 0.350. The summed E-state index contributed by atoms with van der Waals surface area (Å²) in [6, 6.07) is 13.2. The van der Waals surface area contributed by atoms with Crippen LogP contribution in [0.1, 0.15) is 6.42 Å². The number of methoxy groups -OCH3 is 1. The number of nitrogens with one attached hydrogen (secondary N) is 1. The third kappa shape index (κ3) is 7.81. The Morgan fingerprint density at radius 1 is 1.07 bits per heavy atom. The number of hydrogen-bond donors (Lipinski definition) is 1. The predicted octanol–water partition coefficient (Wildman–Crippen LogP) is 4.57. The van der Waals surface area contributed by atoms with Crippen LogP contribution in [0.5, 0.6) is 17.2 Å². The maximum atomic E-state index is 12.4. The van der Waals surface area contributed by atoms with E-state index in [1.165, 1.54) is 30.2 Å². The summed E-state index contributed by atoms with van der Waals surface area (Å²) in [5.41, 5.74) is 0.292. The first-order valence-electron chi connectivity index (χ1n) is 8.86. The molecule has 0 atom stereocenters. The number of alkyl halides is 3. The third-order valence-electron chi connectivity index (χ3n) is 3.80. The molecule has 0 aliphatic rings. The molecule has 0 saturated carbocycles. The van der Waals surface area contributed by atoms with Crippen molar-refractivity contribution in [2.24, 2.45) is 0 Å². The summed E-state index contributed by atoms with van der Waals surface area (Å²) in [6.07, 6.45) is -3.87. The highest BCUT2D eigenvalue weighted by atomic mass is 19.4. The average Bonchev–Trinajstić information content (AvgIpc) is 2.69. The van der Waals surface area contributed by atoms with E-state index < -0.39 is 18.8 Å². The Balaban J connectivity index is 1.85. The first-order valence-corrected chi connectivity index (χ1v) is 8.86. The van der Waals surface area contributed by atoms with Gasteiger partial charge in [0, 0.05) is 25.3 Å². The number of amides is 2. The monoisotopic (exact) mass is 412 g/mol. The molecule has 2 aromatic rings. The summed E-state index contributed by atoms with van der Waals surface area (Å²) in [6.45, 7) is -0.575. The zero-order valence-corrected chi connectivity index (χ0v) is 16.2. The van der Waals surface area contributed by atoms with Crippen molar-refractivity contribution in [3.8, 4) is 17.2 Å². The highest BCUT2D eigenvalue weighted by Crippen LogP contribution is 2.31. The molecule has 6 nitrogen and oxygen atoms in total. The zero-order valence-electron chi connectivity index (χ0n) is 16.2. The van der Waals surface area contributed by atoms with Gasteiger partial charge < -0.3 is 24.4 Å². The van der Waals surface area contributed by atoms with Gasteiger partial charge in [0.25, 0.3) is 0 Å². The van der Waals surface area contributed by atoms with Crippen molar-refractivity contribution >= 4 is 11.7 Å². The molecule has 2 aromatic carbocycles. The Kier molecular flexibility index (Phi) is 7.99. The molecule has 0 radical (unpaired) electrons. The number of hydrogen-bond acceptors (Lipinski definition) is 4. The molecular weight excluding hydrogens is 389 g/mol. The molecule has 0 spiro atoms. The van der Waals surface area contributed by atoms with E-state index in [1.807, 2.05) is 30.3 Å². The number of ether oxygens (including phenoxy) is 3. The number of rotatable bonds is 9. The molecular formula is C20H23F3N2O4. The quantitative estimate of drug-likeness (QED) is 0.613. The molecule has 0 fully saturated rings. The van der Waals surface area contributed by atoms with Gasteiger partial charge in [-0.2, -0.15) is 13.2 Å². The molecule has 0 heterocycles. The molecule has 0 aromatic heterocycles. The Morgan fingerprint density at radius 3 is 2.45 bits per heavy atom. The summed E-state index contributed by atoms with van der Waals surface area (Å²) >= 11 is 0. The number of benzene rings is 2. The van der Waals surface area contributed by atoms with E-state index in [2.05, 4.69) is 5.32 Å². The van der Waals surface area contributed by atoms with Gasteiger partial charge in [-0.1, -0.05) is 18.2 Å². The van der Waals surface area contributed by atoms with Crippen LogP contribution in [0.3, 0.4) is 0 Å². The van der Waals surface area contributed by atoms with Gasteiger partial charge in [-0.05, 0) is 30.7 Å². The van der Waals surface area contributed by atoms with Gasteiger partial charge in [0.1, 0.15) is 5.75 Å². The summed E-state index contributed by atoms with van der Waals surface area (Å²) in [4.78, 5) is 13.7. The standard InChI is InChI=1S/C20H23F3N2O4/c1-25(11-6-12-28-16-7-4-3-5-8-16)19(26)24-15-9-10-17(27-2)18(13-15)29-14-20(21,22)23/h3-5,7-10,13H,6,11-12,14H2,1-2H3,(H,24,26). The first-order chi connectivity index (χ1) is 13.8. The maximum Gasteiger partial charge on any atom is 0.422 e. The van der Waals surface area contributed by atoms with Crippen molar-refractivity contribution in [3.05, 3.63) is 48.5 Å². The molecule has 0 saturated heterocycles. The Hall–Kier alpha value is -3.10. The van der Waals surface area contributed by atoms with Crippen LogP contribution in [-0.2, 0) is 0 Å². The minimum Gasteiger partial charge on any atom is -0.494 e. The lowest BCUT2D eigenvalue weighted by Crippen LogP contribution is -2.32. The van der Waals surface area contributed by atoms with Crippen molar-refractivity contribution in [3.63, 3.8) is 0 Å². The number of urea groups is 1. The number of para-hydroxylation sites is 1. The van der Waals surface area contributed by atoms with E-state index in [0.717, 1.165) is 5.75 Å². The molecule has 29 heavy (non-hydrogen) atoms. The van der Waals surface area contributed by atoms with Crippen molar-refractivity contribution in [2.45, 2.75) is 12.6 Å². The Morgan fingerprint density at radius 2 is 1.79 bits per heavy atom. The minimum absolute atomic E-state index is 0.110. The smallest absolute Gasteiger partial charge is 0.422 e. The highest BCUT2D eigenvalue weighted by molar-refractivity contribution is 5.89. The average molecular weight is 412 g/mol. The second kappa shape index (κ2) is 10.4. The lowest BCUT2D eigenvalue weighted by Gasteiger charge is -2.19. The fourth-order valence-corrected chi connectivity index (χ4v) is 2.36. The van der Waals surface area contributed by atoms with Crippen LogP contribution >= 0.6 is 0 Å². The van der Waals surface area contributed by atoms with Gasteiger partial charge >= 0.3 is 12.2 Å². The van der Waals surface area contributed by atoms with Gasteiger partial charge in [-0.25, -0.2) is 4.79 Å². The molecule has 0 bridgehead atoms. The maximum absolute atomic E-state index is 12.4. The van der Waals surface area contributed by atoms with Crippen LogP contribution in [0, 0.1) is 0 Å². The third-order valence-corrected chi connectivity index (χ3v) is 3.80. The van der Waals surface area contributed by atoms with E-state index in [-0.39, 0.29) is 11.5 Å². The number of carbonyl (C=O) groups is 1. The summed E-state index contributed by atoms with van der Waals surface area (Å²) in [7, 11) is 2.93. The molecule has 2 rings (SSSR count). The van der Waals surface area contributed by atoms with E-state index >= 15 is 0 Å². The highest BCUT2D eigenvalue weighted by Gasteiger charge is 2.29. The van der Waals surface area contributed by atoms with Gasteiger partial charge in [0.15, 0.2) is 18.1 Å².